The van der Waals surface area contributed by atoms with E-state index in [4.69, 9.17) is 25.4 Å². The van der Waals surface area contributed by atoms with Gasteiger partial charge in [0, 0.05) is 12.0 Å². The van der Waals surface area contributed by atoms with Crippen molar-refractivity contribution in [3.05, 3.63) is 23.3 Å². The average Bonchev–Trinajstić information content (AvgIpc) is 2.37. The Kier molecular flexibility index (Phi) is 4.71. The van der Waals surface area contributed by atoms with Gasteiger partial charge in [0.05, 0.1) is 19.8 Å². The molecule has 1 aromatic carbocycles. The maximum atomic E-state index is 11.0. The van der Waals surface area contributed by atoms with E-state index in [-0.39, 0.29) is 23.5 Å². The average molecular weight is 269 g/mol. The molecule has 0 fully saturated rings. The lowest BCUT2D eigenvalue weighted by molar-refractivity contribution is -0.138. The molecule has 0 heterocycles. The number of carboxylic acids is 2. The van der Waals surface area contributed by atoms with Crippen molar-refractivity contribution in [2.75, 3.05) is 14.2 Å². The lowest BCUT2D eigenvalue weighted by Crippen LogP contribution is -2.32. The highest BCUT2D eigenvalue weighted by Crippen LogP contribution is 2.33. The molecule has 1 aromatic rings. The minimum Gasteiger partial charge on any atom is -0.493 e. The van der Waals surface area contributed by atoms with Crippen molar-refractivity contribution in [2.24, 2.45) is 5.73 Å². The molecule has 0 bridgehead atoms. The number of aromatic carboxylic acids is 1. The molecule has 0 radical (unpaired) electrons. The van der Waals surface area contributed by atoms with Gasteiger partial charge in [-0.25, -0.2) is 4.79 Å². The summed E-state index contributed by atoms with van der Waals surface area (Å²) < 4.78 is 10.1. The fourth-order valence-corrected chi connectivity index (χ4v) is 1.64. The monoisotopic (exact) mass is 269 g/mol. The highest BCUT2D eigenvalue weighted by Gasteiger charge is 2.20. The molecule has 19 heavy (non-hydrogen) atoms. The van der Waals surface area contributed by atoms with Crippen LogP contribution in [-0.2, 0) is 11.2 Å². The first-order chi connectivity index (χ1) is 8.90. The first-order valence-electron chi connectivity index (χ1n) is 5.37. The van der Waals surface area contributed by atoms with Crippen LogP contribution in [0.25, 0.3) is 0 Å². The number of hydrogen-bond acceptors (Lipinski definition) is 5. The minimum atomic E-state index is -1.18. The van der Waals surface area contributed by atoms with Gasteiger partial charge in [-0.3, -0.25) is 4.79 Å². The highest BCUT2D eigenvalue weighted by molar-refractivity contribution is 5.89. The van der Waals surface area contributed by atoms with Gasteiger partial charge in [0.15, 0.2) is 11.5 Å². The van der Waals surface area contributed by atoms with Crippen molar-refractivity contribution in [1.82, 2.24) is 0 Å². The largest absolute Gasteiger partial charge is 0.493 e. The van der Waals surface area contributed by atoms with Crippen LogP contribution in [0.3, 0.4) is 0 Å². The smallest absolute Gasteiger partial charge is 0.335 e. The molecule has 7 nitrogen and oxygen atoms in total. The van der Waals surface area contributed by atoms with Crippen LogP contribution in [0.1, 0.15) is 15.9 Å². The summed E-state index contributed by atoms with van der Waals surface area (Å²) >= 11 is 0. The SMILES string of the molecule is COc1cc(C(=O)O)cc(CC(N)C(=O)O)c1OC. The molecule has 0 spiro atoms. The summed E-state index contributed by atoms with van der Waals surface area (Å²) in [5.74, 6) is -1.83. The summed E-state index contributed by atoms with van der Waals surface area (Å²) in [4.78, 5) is 21.8. The third-order valence-corrected chi connectivity index (χ3v) is 2.56. The Morgan fingerprint density at radius 2 is 1.89 bits per heavy atom. The quantitative estimate of drug-likeness (QED) is 0.681. The molecule has 1 atom stereocenters. The summed E-state index contributed by atoms with van der Waals surface area (Å²) in [7, 11) is 2.75. The van der Waals surface area contributed by atoms with E-state index in [1.54, 1.807) is 0 Å². The molecule has 0 aliphatic rings. The van der Waals surface area contributed by atoms with Crippen LogP contribution in [0.2, 0.25) is 0 Å². The standard InChI is InChI=1S/C12H15NO6/c1-18-9-5-7(11(14)15)3-6(10(9)19-2)4-8(13)12(16)17/h3,5,8H,4,13H2,1-2H3,(H,14,15)(H,16,17). The lowest BCUT2D eigenvalue weighted by atomic mass is 10.0. The number of benzene rings is 1. The summed E-state index contributed by atoms with van der Waals surface area (Å²) in [6.45, 7) is 0. The molecular formula is C12H15NO6. The second-order valence-corrected chi connectivity index (χ2v) is 3.82. The van der Waals surface area contributed by atoms with Crippen LogP contribution in [0.4, 0.5) is 0 Å². The third-order valence-electron chi connectivity index (χ3n) is 2.56. The van der Waals surface area contributed by atoms with Gasteiger partial charge in [-0.1, -0.05) is 0 Å². The molecule has 0 aromatic heterocycles. The maximum absolute atomic E-state index is 11.0. The van der Waals surface area contributed by atoms with E-state index < -0.39 is 18.0 Å². The summed E-state index contributed by atoms with van der Waals surface area (Å²) in [6.07, 6.45) is -0.0595. The molecular weight excluding hydrogens is 254 g/mol. The minimum absolute atomic E-state index is 0.0229. The van der Waals surface area contributed by atoms with E-state index in [0.29, 0.717) is 5.56 Å². The lowest BCUT2D eigenvalue weighted by Gasteiger charge is -2.15. The molecule has 0 saturated carbocycles. The fourth-order valence-electron chi connectivity index (χ4n) is 1.64. The molecule has 1 unspecified atom stereocenters. The molecule has 104 valence electrons. The van der Waals surface area contributed by atoms with Gasteiger partial charge in [0.2, 0.25) is 0 Å². The molecule has 0 aliphatic carbocycles. The number of rotatable bonds is 6. The summed E-state index contributed by atoms with van der Waals surface area (Å²) in [6, 6.07) is 1.48. The zero-order valence-electron chi connectivity index (χ0n) is 10.5. The van der Waals surface area contributed by atoms with Crippen molar-refractivity contribution in [3.63, 3.8) is 0 Å². The molecule has 4 N–H and O–H groups in total. The van der Waals surface area contributed by atoms with Crippen molar-refractivity contribution >= 4 is 11.9 Å². The molecule has 0 amide bonds. The van der Waals surface area contributed by atoms with Crippen molar-refractivity contribution in [2.45, 2.75) is 12.5 Å². The predicted octanol–water partition coefficient (Wildman–Crippen LogP) is 0.356. The Morgan fingerprint density at radius 3 is 2.32 bits per heavy atom. The van der Waals surface area contributed by atoms with E-state index in [0.717, 1.165) is 0 Å². The number of carboxylic acid groups (broad SMARTS) is 2. The van der Waals surface area contributed by atoms with Crippen LogP contribution < -0.4 is 15.2 Å². The Balaban J connectivity index is 3.29. The van der Waals surface area contributed by atoms with Crippen molar-refractivity contribution < 1.29 is 29.3 Å². The second kappa shape index (κ2) is 6.05. The Labute approximate surface area is 109 Å². The number of methoxy groups -OCH3 is 2. The highest BCUT2D eigenvalue weighted by atomic mass is 16.5. The van der Waals surface area contributed by atoms with E-state index in [9.17, 15) is 9.59 Å². The third kappa shape index (κ3) is 3.35. The molecule has 7 heteroatoms. The second-order valence-electron chi connectivity index (χ2n) is 3.82. The summed E-state index contributed by atoms with van der Waals surface area (Å²) in [5, 5.41) is 17.8. The Bertz CT molecular complexity index is 499. The Hall–Kier alpha value is -2.28. The van der Waals surface area contributed by atoms with Crippen molar-refractivity contribution in [3.8, 4) is 11.5 Å². The van der Waals surface area contributed by atoms with E-state index in [1.165, 1.54) is 26.4 Å². The van der Waals surface area contributed by atoms with E-state index in [1.807, 2.05) is 0 Å². The van der Waals surface area contributed by atoms with Crippen LogP contribution in [0, 0.1) is 0 Å². The van der Waals surface area contributed by atoms with Gasteiger partial charge in [0.25, 0.3) is 0 Å². The van der Waals surface area contributed by atoms with E-state index >= 15 is 0 Å². The fraction of sp³-hybridized carbons (Fsp3) is 0.333. The number of aliphatic carboxylic acids is 1. The number of ether oxygens (including phenoxy) is 2. The van der Waals surface area contributed by atoms with Crippen LogP contribution >= 0.6 is 0 Å². The van der Waals surface area contributed by atoms with Crippen LogP contribution in [0.5, 0.6) is 11.5 Å². The summed E-state index contributed by atoms with van der Waals surface area (Å²) in [5.41, 5.74) is 5.79. The van der Waals surface area contributed by atoms with Gasteiger partial charge < -0.3 is 25.4 Å². The predicted molar refractivity (Wildman–Crippen MR) is 65.8 cm³/mol. The molecule has 0 saturated heterocycles. The topological polar surface area (TPSA) is 119 Å². The van der Waals surface area contributed by atoms with Crippen molar-refractivity contribution in [1.29, 1.82) is 0 Å². The van der Waals surface area contributed by atoms with Crippen LogP contribution in [0.15, 0.2) is 12.1 Å². The molecule has 1 rings (SSSR count). The van der Waals surface area contributed by atoms with Crippen LogP contribution in [-0.4, -0.2) is 42.4 Å². The van der Waals surface area contributed by atoms with Gasteiger partial charge in [-0.2, -0.15) is 0 Å². The Morgan fingerprint density at radius 1 is 1.26 bits per heavy atom. The van der Waals surface area contributed by atoms with Gasteiger partial charge in [-0.15, -0.1) is 0 Å². The number of carbonyl (C=O) groups is 2. The number of nitrogens with two attached hydrogens (primary N) is 1. The first-order valence-corrected chi connectivity index (χ1v) is 5.37. The maximum Gasteiger partial charge on any atom is 0.335 e. The van der Waals surface area contributed by atoms with Gasteiger partial charge in [-0.05, 0) is 12.1 Å². The number of hydrogen-bond donors (Lipinski definition) is 3. The van der Waals surface area contributed by atoms with Gasteiger partial charge in [0.1, 0.15) is 6.04 Å². The van der Waals surface area contributed by atoms with Gasteiger partial charge >= 0.3 is 11.9 Å². The van der Waals surface area contributed by atoms with E-state index in [2.05, 4.69) is 0 Å². The first kappa shape index (κ1) is 14.8. The zero-order chi connectivity index (χ0) is 14.6. The molecule has 0 aliphatic heterocycles. The zero-order valence-corrected chi connectivity index (χ0v) is 10.5. The normalized spacial score (nSPS) is 11.7.